The Hall–Kier alpha value is -2.68. The van der Waals surface area contributed by atoms with E-state index in [1.165, 1.54) is 18.4 Å². The molecule has 8 heteroatoms. The number of nitrogens with zero attached hydrogens (tertiary/aromatic N) is 4. The van der Waals surface area contributed by atoms with Gasteiger partial charge in [-0.15, -0.1) is 0 Å². The molecule has 0 saturated heterocycles. The average molecular weight is 415 g/mol. The highest BCUT2D eigenvalue weighted by Gasteiger charge is 2.16. The molecule has 0 bridgehead atoms. The second-order valence-electron chi connectivity index (χ2n) is 6.97. The van der Waals surface area contributed by atoms with Gasteiger partial charge in [-0.2, -0.15) is 5.10 Å². The maximum Gasteiger partial charge on any atom is 0.242 e. The van der Waals surface area contributed by atoms with Crippen molar-refractivity contribution in [2.45, 2.75) is 11.4 Å². The number of sulfonamides is 1. The second-order valence-corrected chi connectivity index (χ2v) is 9.13. The van der Waals surface area contributed by atoms with E-state index in [9.17, 15) is 8.42 Å². The molecule has 3 aromatic rings. The molecule has 0 aliphatic rings. The standard InChI is InChI=1S/C21H26N4O3S/c1-23(2)29(26,27)21-11-9-20(10-12-21)28-14-13-24(3)16-18-15-22-25(17-18)19-7-5-4-6-8-19/h4-12,15,17H,13-14,16H2,1-3H3. The number of para-hydroxylation sites is 1. The summed E-state index contributed by atoms with van der Waals surface area (Å²) in [6.07, 6.45) is 3.89. The number of benzene rings is 2. The van der Waals surface area contributed by atoms with Crippen LogP contribution in [-0.2, 0) is 16.6 Å². The highest BCUT2D eigenvalue weighted by Crippen LogP contribution is 2.18. The molecule has 0 saturated carbocycles. The molecule has 0 N–H and O–H groups in total. The topological polar surface area (TPSA) is 67.7 Å². The Balaban J connectivity index is 1.48. The van der Waals surface area contributed by atoms with Crippen molar-refractivity contribution >= 4 is 10.0 Å². The Morgan fingerprint density at radius 3 is 2.34 bits per heavy atom. The highest BCUT2D eigenvalue weighted by molar-refractivity contribution is 7.89. The summed E-state index contributed by atoms with van der Waals surface area (Å²) in [7, 11) is 1.63. The smallest absolute Gasteiger partial charge is 0.242 e. The Morgan fingerprint density at radius 1 is 1.00 bits per heavy atom. The van der Waals surface area contributed by atoms with E-state index in [0.717, 1.165) is 24.3 Å². The molecule has 29 heavy (non-hydrogen) atoms. The van der Waals surface area contributed by atoms with E-state index in [-0.39, 0.29) is 4.90 Å². The number of ether oxygens (including phenoxy) is 1. The number of rotatable bonds is 9. The van der Waals surface area contributed by atoms with Crippen LogP contribution in [-0.4, -0.2) is 61.7 Å². The van der Waals surface area contributed by atoms with E-state index in [2.05, 4.69) is 10.00 Å². The zero-order chi connectivity index (χ0) is 20.9. The lowest BCUT2D eigenvalue weighted by Gasteiger charge is -2.16. The summed E-state index contributed by atoms with van der Waals surface area (Å²) in [5, 5.41) is 4.41. The molecular formula is C21H26N4O3S. The van der Waals surface area contributed by atoms with Gasteiger partial charge in [-0.3, -0.25) is 4.90 Å². The molecule has 7 nitrogen and oxygen atoms in total. The third-order valence-corrected chi connectivity index (χ3v) is 6.28. The third kappa shape index (κ3) is 5.44. The monoisotopic (exact) mass is 414 g/mol. The van der Waals surface area contributed by atoms with Gasteiger partial charge < -0.3 is 4.74 Å². The van der Waals surface area contributed by atoms with Crippen LogP contribution in [0.2, 0.25) is 0 Å². The van der Waals surface area contributed by atoms with Crippen molar-refractivity contribution in [1.82, 2.24) is 19.0 Å². The summed E-state index contributed by atoms with van der Waals surface area (Å²) in [4.78, 5) is 2.40. The fourth-order valence-corrected chi connectivity index (χ4v) is 3.69. The van der Waals surface area contributed by atoms with E-state index in [0.29, 0.717) is 12.4 Å². The fourth-order valence-electron chi connectivity index (χ4n) is 2.79. The molecule has 154 valence electrons. The first-order chi connectivity index (χ1) is 13.9. The van der Waals surface area contributed by atoms with Crippen LogP contribution in [0.4, 0.5) is 0 Å². The summed E-state index contributed by atoms with van der Waals surface area (Å²) in [6.45, 7) is 1.99. The average Bonchev–Trinajstić information content (AvgIpc) is 3.17. The van der Waals surface area contributed by atoms with E-state index < -0.39 is 10.0 Å². The van der Waals surface area contributed by atoms with E-state index in [1.807, 2.05) is 54.5 Å². The Morgan fingerprint density at radius 2 is 1.69 bits per heavy atom. The lowest BCUT2D eigenvalue weighted by Crippen LogP contribution is -2.24. The van der Waals surface area contributed by atoms with Crippen molar-refractivity contribution in [1.29, 1.82) is 0 Å². The predicted molar refractivity (Wildman–Crippen MR) is 113 cm³/mol. The van der Waals surface area contributed by atoms with Gasteiger partial charge in [0.1, 0.15) is 12.4 Å². The van der Waals surface area contributed by atoms with Crippen molar-refractivity contribution in [3.8, 4) is 11.4 Å². The van der Waals surface area contributed by atoms with Gasteiger partial charge in [0, 0.05) is 38.9 Å². The first kappa shape index (κ1) is 21.0. The molecule has 0 radical (unpaired) electrons. The first-order valence-electron chi connectivity index (χ1n) is 9.29. The number of hydrogen-bond acceptors (Lipinski definition) is 5. The summed E-state index contributed by atoms with van der Waals surface area (Å²) in [6, 6.07) is 16.5. The van der Waals surface area contributed by atoms with Crippen molar-refractivity contribution in [3.05, 3.63) is 72.6 Å². The van der Waals surface area contributed by atoms with Crippen molar-refractivity contribution in [2.24, 2.45) is 0 Å². The molecule has 0 atom stereocenters. The van der Waals surface area contributed by atoms with Crippen LogP contribution in [0.5, 0.6) is 5.75 Å². The minimum atomic E-state index is -3.42. The summed E-state index contributed by atoms with van der Waals surface area (Å²) in [5.74, 6) is 0.646. The Bertz CT molecular complexity index is 1020. The van der Waals surface area contributed by atoms with Gasteiger partial charge in [0.2, 0.25) is 10.0 Å². The van der Waals surface area contributed by atoms with Crippen LogP contribution in [0.3, 0.4) is 0 Å². The lowest BCUT2D eigenvalue weighted by molar-refractivity contribution is 0.233. The fraction of sp³-hybridized carbons (Fsp3) is 0.286. The molecule has 0 aliphatic carbocycles. The SMILES string of the molecule is CN(CCOc1ccc(S(=O)(=O)N(C)C)cc1)Cc1cnn(-c2ccccc2)c1. The molecule has 0 spiro atoms. The van der Waals surface area contributed by atoms with Crippen molar-refractivity contribution in [3.63, 3.8) is 0 Å². The van der Waals surface area contributed by atoms with Crippen LogP contribution < -0.4 is 4.74 Å². The molecular weight excluding hydrogens is 388 g/mol. The molecule has 0 amide bonds. The number of hydrogen-bond donors (Lipinski definition) is 0. The van der Waals surface area contributed by atoms with Gasteiger partial charge in [-0.25, -0.2) is 17.4 Å². The van der Waals surface area contributed by atoms with Gasteiger partial charge in [-0.1, -0.05) is 18.2 Å². The van der Waals surface area contributed by atoms with E-state index in [1.54, 1.807) is 24.3 Å². The molecule has 2 aromatic carbocycles. The maximum absolute atomic E-state index is 12.1. The Labute approximate surface area is 172 Å². The second kappa shape index (κ2) is 9.21. The van der Waals surface area contributed by atoms with E-state index in [4.69, 9.17) is 4.74 Å². The van der Waals surface area contributed by atoms with Crippen LogP contribution in [0.1, 0.15) is 5.56 Å². The lowest BCUT2D eigenvalue weighted by atomic mass is 10.3. The van der Waals surface area contributed by atoms with Crippen LogP contribution in [0.15, 0.2) is 71.9 Å². The minimum Gasteiger partial charge on any atom is -0.492 e. The summed E-state index contributed by atoms with van der Waals surface area (Å²) < 4.78 is 33.0. The van der Waals surface area contributed by atoms with Gasteiger partial charge in [-0.05, 0) is 43.4 Å². The van der Waals surface area contributed by atoms with Gasteiger partial charge in [0.25, 0.3) is 0 Å². The van der Waals surface area contributed by atoms with Crippen molar-refractivity contribution < 1.29 is 13.2 Å². The normalized spacial score (nSPS) is 11.9. The summed E-state index contributed by atoms with van der Waals surface area (Å²) >= 11 is 0. The first-order valence-corrected chi connectivity index (χ1v) is 10.7. The number of likely N-dealkylation sites (N-methyl/N-ethyl adjacent to an activating group) is 1. The number of aromatic nitrogens is 2. The summed E-state index contributed by atoms with van der Waals surface area (Å²) in [5.41, 5.74) is 2.15. The van der Waals surface area contributed by atoms with Crippen molar-refractivity contribution in [2.75, 3.05) is 34.3 Å². The predicted octanol–water partition coefficient (Wildman–Crippen LogP) is 2.63. The van der Waals surface area contributed by atoms with Crippen LogP contribution >= 0.6 is 0 Å². The molecule has 0 unspecified atom stereocenters. The minimum absolute atomic E-state index is 0.252. The zero-order valence-electron chi connectivity index (χ0n) is 16.9. The van der Waals surface area contributed by atoms with Crippen LogP contribution in [0.25, 0.3) is 5.69 Å². The van der Waals surface area contributed by atoms with Gasteiger partial charge in [0.15, 0.2) is 0 Å². The largest absolute Gasteiger partial charge is 0.492 e. The van der Waals surface area contributed by atoms with E-state index >= 15 is 0 Å². The quantitative estimate of drug-likeness (QED) is 0.538. The zero-order valence-corrected chi connectivity index (χ0v) is 17.7. The van der Waals surface area contributed by atoms with Crippen LogP contribution in [0, 0.1) is 0 Å². The molecule has 1 heterocycles. The maximum atomic E-state index is 12.1. The molecule has 0 aliphatic heterocycles. The van der Waals surface area contributed by atoms with Gasteiger partial charge >= 0.3 is 0 Å². The molecule has 1 aromatic heterocycles. The Kier molecular flexibility index (Phi) is 6.68. The molecule has 3 rings (SSSR count). The van der Waals surface area contributed by atoms with Gasteiger partial charge in [0.05, 0.1) is 16.8 Å². The third-order valence-electron chi connectivity index (χ3n) is 4.45. The molecule has 0 fully saturated rings. The highest BCUT2D eigenvalue weighted by atomic mass is 32.2.